The van der Waals surface area contributed by atoms with E-state index < -0.39 is 5.60 Å². The van der Waals surface area contributed by atoms with Crippen molar-refractivity contribution in [3.63, 3.8) is 0 Å². The largest absolute Gasteiger partial charge is 0.384 e. The van der Waals surface area contributed by atoms with Gasteiger partial charge in [-0.1, -0.05) is 38.2 Å². The highest BCUT2D eigenvalue weighted by Crippen LogP contribution is 2.39. The van der Waals surface area contributed by atoms with Gasteiger partial charge in [-0.25, -0.2) is 0 Å². The molecule has 4 bridgehead atoms. The molecule has 2 nitrogen and oxygen atoms in total. The van der Waals surface area contributed by atoms with Crippen LogP contribution in [0.25, 0.3) is 0 Å². The Kier molecular flexibility index (Phi) is 3.38. The monoisotopic (exact) mass is 245 g/mol. The molecule has 0 unspecified atom stereocenters. The molecule has 1 aromatic heterocycles. The lowest BCUT2D eigenvalue weighted by Crippen LogP contribution is -2.23. The quantitative estimate of drug-likeness (QED) is 0.759. The van der Waals surface area contributed by atoms with Gasteiger partial charge in [0.05, 0.1) is 5.69 Å². The number of hydrogen-bond donors (Lipinski definition) is 1. The summed E-state index contributed by atoms with van der Waals surface area (Å²) >= 11 is 0. The predicted molar refractivity (Wildman–Crippen MR) is 72.5 cm³/mol. The average molecular weight is 245 g/mol. The third-order valence-corrected chi connectivity index (χ3v) is 4.58. The number of aryl methyl sites for hydroxylation is 2. The number of aliphatic hydroxyl groups is 1. The lowest BCUT2D eigenvalue weighted by Gasteiger charge is -2.22. The molecule has 0 spiro atoms. The fourth-order valence-electron chi connectivity index (χ4n) is 3.46. The van der Waals surface area contributed by atoms with Crippen molar-refractivity contribution >= 4 is 0 Å². The Morgan fingerprint density at radius 3 is 2.61 bits per heavy atom. The maximum absolute atomic E-state index is 10.8. The maximum atomic E-state index is 10.8. The van der Waals surface area contributed by atoms with E-state index in [2.05, 4.69) is 11.1 Å². The van der Waals surface area contributed by atoms with Gasteiger partial charge in [-0.3, -0.25) is 4.98 Å². The van der Waals surface area contributed by atoms with Gasteiger partial charge < -0.3 is 5.11 Å². The molecule has 0 aromatic carbocycles. The molecular weight excluding hydrogens is 222 g/mol. The molecular formula is C16H23NO. The zero-order chi connectivity index (χ0) is 12.4. The van der Waals surface area contributed by atoms with Gasteiger partial charge in [0.2, 0.25) is 0 Å². The van der Waals surface area contributed by atoms with Crippen LogP contribution >= 0.6 is 0 Å². The SMILES string of the molecule is O[C@]12CCCCCCCCc3cnc1c(c3)CC2. The first-order valence-electron chi connectivity index (χ1n) is 7.49. The van der Waals surface area contributed by atoms with Crippen LogP contribution in [0.5, 0.6) is 0 Å². The van der Waals surface area contributed by atoms with E-state index in [0.29, 0.717) is 0 Å². The van der Waals surface area contributed by atoms with Crippen LogP contribution in [0.2, 0.25) is 0 Å². The van der Waals surface area contributed by atoms with Crippen LogP contribution in [-0.2, 0) is 18.4 Å². The molecule has 0 amide bonds. The molecule has 3 aliphatic rings. The number of fused-ring (bicyclic) bond motifs is 8. The van der Waals surface area contributed by atoms with Crippen LogP contribution in [0.1, 0.15) is 68.2 Å². The lowest BCUT2D eigenvalue weighted by molar-refractivity contribution is 0.0229. The van der Waals surface area contributed by atoms with E-state index in [0.717, 1.165) is 37.8 Å². The third kappa shape index (κ3) is 2.31. The molecule has 2 aliphatic carbocycles. The summed E-state index contributed by atoms with van der Waals surface area (Å²) in [7, 11) is 0. The Morgan fingerprint density at radius 2 is 1.72 bits per heavy atom. The van der Waals surface area contributed by atoms with Gasteiger partial charge in [-0.2, -0.15) is 0 Å². The van der Waals surface area contributed by atoms with Gasteiger partial charge in [0, 0.05) is 6.20 Å². The minimum atomic E-state index is -0.623. The fraction of sp³-hybridized carbons (Fsp3) is 0.688. The summed E-state index contributed by atoms with van der Waals surface area (Å²) in [5, 5.41) is 10.8. The lowest BCUT2D eigenvalue weighted by atomic mass is 9.93. The number of pyridine rings is 1. The van der Waals surface area contributed by atoms with Crippen molar-refractivity contribution in [1.82, 2.24) is 4.98 Å². The summed E-state index contributed by atoms with van der Waals surface area (Å²) in [4.78, 5) is 4.59. The molecule has 1 N–H and O–H groups in total. The Labute approximate surface area is 109 Å². The van der Waals surface area contributed by atoms with E-state index in [1.807, 2.05) is 6.20 Å². The molecule has 1 atom stereocenters. The van der Waals surface area contributed by atoms with Crippen LogP contribution in [-0.4, -0.2) is 10.1 Å². The second-order valence-electron chi connectivity index (χ2n) is 6.00. The van der Waals surface area contributed by atoms with Gasteiger partial charge in [-0.15, -0.1) is 0 Å². The first-order valence-corrected chi connectivity index (χ1v) is 7.49. The Bertz CT molecular complexity index is 429. The zero-order valence-corrected chi connectivity index (χ0v) is 11.1. The van der Waals surface area contributed by atoms with Crippen LogP contribution in [0.4, 0.5) is 0 Å². The summed E-state index contributed by atoms with van der Waals surface area (Å²) in [6.45, 7) is 0. The second kappa shape index (κ2) is 5.00. The predicted octanol–water partition coefficient (Wildman–Crippen LogP) is 3.50. The van der Waals surface area contributed by atoms with Gasteiger partial charge in [0.25, 0.3) is 0 Å². The van der Waals surface area contributed by atoms with E-state index in [4.69, 9.17) is 0 Å². The molecule has 2 heteroatoms. The van der Waals surface area contributed by atoms with Gasteiger partial charge in [0.1, 0.15) is 5.60 Å². The maximum Gasteiger partial charge on any atom is 0.107 e. The minimum Gasteiger partial charge on any atom is -0.384 e. The fourth-order valence-corrected chi connectivity index (χ4v) is 3.46. The van der Waals surface area contributed by atoms with Crippen LogP contribution in [0.3, 0.4) is 0 Å². The Hall–Kier alpha value is -0.890. The van der Waals surface area contributed by atoms with Crippen molar-refractivity contribution < 1.29 is 5.11 Å². The van der Waals surface area contributed by atoms with Crippen molar-refractivity contribution in [3.8, 4) is 0 Å². The second-order valence-corrected chi connectivity index (χ2v) is 6.00. The number of hydrogen-bond acceptors (Lipinski definition) is 2. The first kappa shape index (κ1) is 12.2. The van der Waals surface area contributed by atoms with E-state index in [1.165, 1.54) is 43.2 Å². The van der Waals surface area contributed by atoms with E-state index >= 15 is 0 Å². The minimum absolute atomic E-state index is 0.623. The summed E-state index contributed by atoms with van der Waals surface area (Å²) in [6.07, 6.45) is 13.6. The highest BCUT2D eigenvalue weighted by atomic mass is 16.3. The third-order valence-electron chi connectivity index (χ3n) is 4.58. The zero-order valence-electron chi connectivity index (χ0n) is 11.1. The molecule has 0 saturated heterocycles. The molecule has 1 aromatic rings. The summed E-state index contributed by atoms with van der Waals surface area (Å²) < 4.78 is 0. The van der Waals surface area contributed by atoms with E-state index in [1.54, 1.807) is 0 Å². The van der Waals surface area contributed by atoms with E-state index in [9.17, 15) is 5.11 Å². The molecule has 4 rings (SSSR count). The topological polar surface area (TPSA) is 33.1 Å². The first-order chi connectivity index (χ1) is 8.78. The normalized spacial score (nSPS) is 28.5. The molecule has 18 heavy (non-hydrogen) atoms. The van der Waals surface area contributed by atoms with Crippen molar-refractivity contribution in [3.05, 3.63) is 29.1 Å². The average Bonchev–Trinajstić information content (AvgIpc) is 2.71. The van der Waals surface area contributed by atoms with Crippen LogP contribution < -0.4 is 0 Å². The summed E-state index contributed by atoms with van der Waals surface area (Å²) in [6, 6.07) is 2.29. The Morgan fingerprint density at radius 1 is 0.944 bits per heavy atom. The van der Waals surface area contributed by atoms with Gasteiger partial charge in [-0.05, 0) is 43.2 Å². The Balaban J connectivity index is 1.89. The number of aromatic nitrogens is 1. The highest BCUT2D eigenvalue weighted by molar-refractivity contribution is 5.34. The molecule has 0 fully saturated rings. The summed E-state index contributed by atoms with van der Waals surface area (Å²) in [5.74, 6) is 0. The standard InChI is InChI=1S/C16H23NO/c18-16-9-6-4-2-1-3-5-7-13-11-14(8-10-16)15(16)17-12-13/h11-12,18H,1-10H2/t16-/m0/s1. The van der Waals surface area contributed by atoms with Gasteiger partial charge in [0.15, 0.2) is 0 Å². The smallest absolute Gasteiger partial charge is 0.107 e. The highest BCUT2D eigenvalue weighted by Gasteiger charge is 2.37. The number of rotatable bonds is 0. The molecule has 0 saturated carbocycles. The molecule has 0 radical (unpaired) electrons. The van der Waals surface area contributed by atoms with E-state index in [-0.39, 0.29) is 0 Å². The van der Waals surface area contributed by atoms with Crippen LogP contribution in [0.15, 0.2) is 12.3 Å². The molecule has 1 aliphatic heterocycles. The van der Waals surface area contributed by atoms with Crippen molar-refractivity contribution in [2.45, 2.75) is 69.8 Å². The van der Waals surface area contributed by atoms with Gasteiger partial charge >= 0.3 is 0 Å². The van der Waals surface area contributed by atoms with Crippen molar-refractivity contribution in [2.24, 2.45) is 0 Å². The number of nitrogens with zero attached hydrogens (tertiary/aromatic N) is 1. The van der Waals surface area contributed by atoms with Crippen LogP contribution in [0, 0.1) is 0 Å². The van der Waals surface area contributed by atoms with Crippen molar-refractivity contribution in [2.75, 3.05) is 0 Å². The molecule has 2 heterocycles. The molecule has 98 valence electrons. The summed E-state index contributed by atoms with van der Waals surface area (Å²) in [5.41, 5.74) is 3.01. The van der Waals surface area contributed by atoms with Crippen molar-refractivity contribution in [1.29, 1.82) is 0 Å².